The summed E-state index contributed by atoms with van der Waals surface area (Å²) in [5.74, 6) is 1.85. The number of hydrogen-bond donors (Lipinski definition) is 1. The minimum atomic E-state index is 0.598. The summed E-state index contributed by atoms with van der Waals surface area (Å²) in [4.78, 5) is 4.19. The van der Waals surface area contributed by atoms with Gasteiger partial charge >= 0.3 is 0 Å². The molecule has 0 aliphatic heterocycles. The van der Waals surface area contributed by atoms with E-state index >= 15 is 0 Å². The average molecular weight is 361 g/mol. The van der Waals surface area contributed by atoms with Crippen LogP contribution in [0.2, 0.25) is 0 Å². The van der Waals surface area contributed by atoms with Crippen LogP contribution in [0.4, 0.5) is 10.8 Å². The average Bonchev–Trinajstić information content (AvgIpc) is 3.22. The van der Waals surface area contributed by atoms with Gasteiger partial charge in [-0.15, -0.1) is 10.2 Å². The van der Waals surface area contributed by atoms with Crippen LogP contribution in [-0.4, -0.2) is 20.3 Å². The van der Waals surface area contributed by atoms with Gasteiger partial charge in [-0.25, -0.2) is 0 Å². The molecule has 0 amide bonds. The summed E-state index contributed by atoms with van der Waals surface area (Å²) in [5.41, 5.74) is 3.74. The Morgan fingerprint density at radius 3 is 2.54 bits per heavy atom. The first-order valence-electron chi connectivity index (χ1n) is 7.82. The maximum atomic E-state index is 5.11. The molecule has 24 heavy (non-hydrogen) atoms. The van der Waals surface area contributed by atoms with E-state index in [9.17, 15) is 0 Å². The Morgan fingerprint density at radius 1 is 1.17 bits per heavy atom. The molecule has 1 N–H and O–H groups in total. The largest absolute Gasteiger partial charge is 0.338 e. The number of nitrogens with zero attached hydrogens (tertiary/aromatic N) is 4. The van der Waals surface area contributed by atoms with Crippen LogP contribution in [0.1, 0.15) is 36.7 Å². The van der Waals surface area contributed by atoms with Crippen molar-refractivity contribution in [2.45, 2.75) is 43.7 Å². The lowest BCUT2D eigenvalue weighted by molar-refractivity contribution is 0.387. The van der Waals surface area contributed by atoms with Crippen molar-refractivity contribution in [1.82, 2.24) is 20.3 Å². The maximum absolute atomic E-state index is 5.11. The number of benzene rings is 1. The van der Waals surface area contributed by atoms with Crippen molar-refractivity contribution in [3.8, 4) is 0 Å². The van der Waals surface area contributed by atoms with E-state index in [0.717, 1.165) is 28.0 Å². The van der Waals surface area contributed by atoms with Crippen molar-refractivity contribution in [3.05, 3.63) is 41.0 Å². The number of aromatic nitrogens is 4. The minimum absolute atomic E-state index is 0.598. The highest BCUT2D eigenvalue weighted by Crippen LogP contribution is 2.32. The highest BCUT2D eigenvalue weighted by molar-refractivity contribution is 8.00. The molecule has 0 aliphatic carbocycles. The number of rotatable bonds is 7. The Morgan fingerprint density at radius 2 is 1.92 bits per heavy atom. The van der Waals surface area contributed by atoms with Crippen molar-refractivity contribution in [2.24, 2.45) is 0 Å². The summed E-state index contributed by atoms with van der Waals surface area (Å²) in [6, 6.07) is 6.41. The molecule has 3 aromatic rings. The first-order valence-corrected chi connectivity index (χ1v) is 9.63. The van der Waals surface area contributed by atoms with Gasteiger partial charge in [0, 0.05) is 5.69 Å². The Balaban J connectivity index is 1.70. The van der Waals surface area contributed by atoms with E-state index in [-0.39, 0.29) is 0 Å². The van der Waals surface area contributed by atoms with Gasteiger partial charge in [0.25, 0.3) is 0 Å². The van der Waals surface area contributed by atoms with Gasteiger partial charge in [0.1, 0.15) is 0 Å². The quantitative estimate of drug-likeness (QED) is 0.625. The maximum Gasteiger partial charge on any atom is 0.237 e. The zero-order chi connectivity index (χ0) is 16.9. The standard InChI is InChI=1S/C16H19N5OS2/c1-4-11-7-6-8-12(5-2)14(11)18-15-19-20-16(24-15)23-9-13-17-10(3)21-22-13/h6-8H,4-5,9H2,1-3H3,(H,18,19). The normalized spacial score (nSPS) is 11.0. The lowest BCUT2D eigenvalue weighted by Crippen LogP contribution is -1.99. The van der Waals surface area contributed by atoms with E-state index in [2.05, 4.69) is 57.7 Å². The minimum Gasteiger partial charge on any atom is -0.338 e. The molecule has 2 heterocycles. The number of nitrogens with one attached hydrogen (secondary N) is 1. The summed E-state index contributed by atoms with van der Waals surface area (Å²) in [5, 5.41) is 16.5. The molecular weight excluding hydrogens is 342 g/mol. The van der Waals surface area contributed by atoms with Crippen molar-refractivity contribution < 1.29 is 4.52 Å². The number of hydrogen-bond acceptors (Lipinski definition) is 8. The van der Waals surface area contributed by atoms with E-state index < -0.39 is 0 Å². The molecule has 0 radical (unpaired) electrons. The van der Waals surface area contributed by atoms with Gasteiger partial charge in [0.15, 0.2) is 10.2 Å². The van der Waals surface area contributed by atoms with Crippen LogP contribution in [0.5, 0.6) is 0 Å². The van der Waals surface area contributed by atoms with Crippen molar-refractivity contribution in [2.75, 3.05) is 5.32 Å². The summed E-state index contributed by atoms with van der Waals surface area (Å²) in [7, 11) is 0. The molecule has 1 aromatic carbocycles. The van der Waals surface area contributed by atoms with Crippen molar-refractivity contribution in [3.63, 3.8) is 0 Å². The third-order valence-electron chi connectivity index (χ3n) is 3.53. The lowest BCUT2D eigenvalue weighted by atomic mass is 10.0. The van der Waals surface area contributed by atoms with Gasteiger partial charge in [0.2, 0.25) is 11.0 Å². The van der Waals surface area contributed by atoms with E-state index in [4.69, 9.17) is 4.52 Å². The zero-order valence-electron chi connectivity index (χ0n) is 13.9. The topological polar surface area (TPSA) is 76.7 Å². The number of aryl methyl sites for hydroxylation is 3. The van der Waals surface area contributed by atoms with Crippen LogP contribution in [0.25, 0.3) is 0 Å². The number of thioether (sulfide) groups is 1. The fourth-order valence-corrected chi connectivity index (χ4v) is 3.94. The first kappa shape index (κ1) is 16.9. The van der Waals surface area contributed by atoms with Crippen LogP contribution >= 0.6 is 23.1 Å². The Kier molecular flexibility index (Phi) is 5.47. The Bertz CT molecular complexity index is 792. The van der Waals surface area contributed by atoms with Crippen LogP contribution in [-0.2, 0) is 18.6 Å². The molecule has 0 bridgehead atoms. The van der Waals surface area contributed by atoms with Gasteiger partial charge in [-0.1, -0.05) is 60.3 Å². The van der Waals surface area contributed by atoms with E-state index in [0.29, 0.717) is 17.5 Å². The number of para-hydroxylation sites is 1. The molecule has 0 unspecified atom stereocenters. The van der Waals surface area contributed by atoms with Gasteiger partial charge in [0.05, 0.1) is 5.75 Å². The molecular formula is C16H19N5OS2. The molecule has 126 valence electrons. The van der Waals surface area contributed by atoms with Crippen molar-refractivity contribution >= 4 is 33.9 Å². The van der Waals surface area contributed by atoms with Crippen LogP contribution < -0.4 is 5.32 Å². The van der Waals surface area contributed by atoms with Crippen LogP contribution in [0.3, 0.4) is 0 Å². The van der Waals surface area contributed by atoms with Crippen LogP contribution in [0.15, 0.2) is 27.1 Å². The molecule has 3 rings (SSSR count). The summed E-state index contributed by atoms with van der Waals surface area (Å²) >= 11 is 3.08. The third-order valence-corrected chi connectivity index (χ3v) is 5.48. The SMILES string of the molecule is CCc1cccc(CC)c1Nc1nnc(SCc2nc(C)no2)s1. The monoisotopic (exact) mass is 361 g/mol. The van der Waals surface area contributed by atoms with Gasteiger partial charge in [-0.05, 0) is 30.9 Å². The second kappa shape index (κ2) is 7.76. The number of anilines is 2. The summed E-state index contributed by atoms with van der Waals surface area (Å²) in [6.45, 7) is 6.13. The lowest BCUT2D eigenvalue weighted by Gasteiger charge is -2.13. The molecule has 0 saturated carbocycles. The Hall–Kier alpha value is -1.93. The van der Waals surface area contributed by atoms with E-state index in [1.54, 1.807) is 18.7 Å². The fourth-order valence-electron chi connectivity index (χ4n) is 2.35. The second-order valence-corrected chi connectivity index (χ2v) is 7.38. The van der Waals surface area contributed by atoms with Gasteiger partial charge < -0.3 is 9.84 Å². The molecule has 8 heteroatoms. The Labute approximate surface area is 149 Å². The predicted molar refractivity (Wildman–Crippen MR) is 97.0 cm³/mol. The van der Waals surface area contributed by atoms with Crippen molar-refractivity contribution in [1.29, 1.82) is 0 Å². The van der Waals surface area contributed by atoms with Crippen LogP contribution in [0, 0.1) is 6.92 Å². The van der Waals surface area contributed by atoms with E-state index in [1.807, 2.05) is 0 Å². The smallest absolute Gasteiger partial charge is 0.237 e. The summed E-state index contributed by atoms with van der Waals surface area (Å²) in [6.07, 6.45) is 1.96. The molecule has 2 aromatic heterocycles. The summed E-state index contributed by atoms with van der Waals surface area (Å²) < 4.78 is 5.98. The molecule has 0 spiro atoms. The highest BCUT2D eigenvalue weighted by Gasteiger charge is 2.11. The first-order chi connectivity index (χ1) is 11.7. The molecule has 0 aliphatic rings. The van der Waals surface area contributed by atoms with Gasteiger partial charge in [-0.2, -0.15) is 4.98 Å². The molecule has 0 atom stereocenters. The second-order valence-electron chi connectivity index (χ2n) is 5.18. The predicted octanol–water partition coefficient (Wildman–Crippen LogP) is 4.39. The molecule has 0 saturated heterocycles. The highest BCUT2D eigenvalue weighted by atomic mass is 32.2. The molecule has 0 fully saturated rings. The van der Waals surface area contributed by atoms with E-state index in [1.165, 1.54) is 22.5 Å². The fraction of sp³-hybridized carbons (Fsp3) is 0.375. The molecule has 6 nitrogen and oxygen atoms in total. The third kappa shape index (κ3) is 3.93. The van der Waals surface area contributed by atoms with Gasteiger partial charge in [-0.3, -0.25) is 0 Å². The zero-order valence-corrected chi connectivity index (χ0v) is 15.5.